The molecule has 0 aromatic rings. The molecular weight excluding hydrogens is 160 g/mol. The van der Waals surface area contributed by atoms with Crippen molar-refractivity contribution >= 4 is 0 Å². The van der Waals surface area contributed by atoms with Gasteiger partial charge >= 0.3 is 0 Å². The monoisotopic (exact) mass is 185 g/mol. The van der Waals surface area contributed by atoms with Gasteiger partial charge in [0.05, 0.1) is 26.7 Å². The van der Waals surface area contributed by atoms with Crippen LogP contribution in [-0.2, 0) is 0 Å². The molecule has 1 heterocycles. The number of hydrogen-bond donors (Lipinski definition) is 0. The summed E-state index contributed by atoms with van der Waals surface area (Å²) in [5.74, 6) is 0. The van der Waals surface area contributed by atoms with E-state index in [-0.39, 0.29) is 0 Å². The minimum absolute atomic E-state index is 1.28. The Morgan fingerprint density at radius 3 is 2.31 bits per heavy atom. The number of unbranched alkanes of at least 4 members (excludes halogenated alkanes) is 2. The second-order valence-corrected chi connectivity index (χ2v) is 4.80. The lowest BCUT2D eigenvalue weighted by atomic mass is 10.2. The Bertz CT molecular complexity index is 137. The van der Waals surface area contributed by atoms with Crippen molar-refractivity contribution in [2.75, 3.05) is 46.8 Å². The summed E-state index contributed by atoms with van der Waals surface area (Å²) in [4.78, 5) is 2.44. The van der Waals surface area contributed by atoms with Gasteiger partial charge in [0, 0.05) is 13.1 Å². The molecule has 13 heavy (non-hydrogen) atoms. The van der Waals surface area contributed by atoms with E-state index in [1.54, 1.807) is 0 Å². The van der Waals surface area contributed by atoms with Crippen LogP contribution in [0.1, 0.15) is 26.2 Å². The Morgan fingerprint density at radius 1 is 1.15 bits per heavy atom. The smallest absolute Gasteiger partial charge is 0.0914 e. The first-order valence-corrected chi connectivity index (χ1v) is 5.68. The van der Waals surface area contributed by atoms with Crippen LogP contribution in [0.2, 0.25) is 0 Å². The summed E-state index contributed by atoms with van der Waals surface area (Å²) < 4.78 is 1.31. The second-order valence-electron chi connectivity index (χ2n) is 4.80. The van der Waals surface area contributed by atoms with Crippen molar-refractivity contribution in [2.24, 2.45) is 0 Å². The molecule has 2 heteroatoms. The van der Waals surface area contributed by atoms with E-state index in [0.29, 0.717) is 0 Å². The molecule has 0 spiro atoms. The predicted octanol–water partition coefficient (Wildman–Crippen LogP) is 1.57. The van der Waals surface area contributed by atoms with Crippen LogP contribution < -0.4 is 0 Å². The molecule has 1 aliphatic rings. The Labute approximate surface area is 83.1 Å². The van der Waals surface area contributed by atoms with Gasteiger partial charge in [0.1, 0.15) is 0 Å². The molecular formula is C11H25N2+. The number of nitrogens with zero attached hydrogens (tertiary/aromatic N) is 2. The van der Waals surface area contributed by atoms with Crippen LogP contribution >= 0.6 is 0 Å². The fraction of sp³-hybridized carbons (Fsp3) is 1.00. The van der Waals surface area contributed by atoms with Gasteiger partial charge in [-0.1, -0.05) is 13.3 Å². The van der Waals surface area contributed by atoms with Crippen molar-refractivity contribution in [1.29, 1.82) is 0 Å². The van der Waals surface area contributed by atoms with Crippen molar-refractivity contribution < 1.29 is 4.48 Å². The lowest BCUT2D eigenvalue weighted by Crippen LogP contribution is -2.56. The summed E-state index contributed by atoms with van der Waals surface area (Å²) in [5, 5.41) is 0. The van der Waals surface area contributed by atoms with Crippen molar-refractivity contribution in [3.63, 3.8) is 0 Å². The van der Waals surface area contributed by atoms with E-state index in [4.69, 9.17) is 0 Å². The molecule has 1 fully saturated rings. The molecule has 0 amide bonds. The van der Waals surface area contributed by atoms with Crippen LogP contribution in [0.25, 0.3) is 0 Å². The van der Waals surface area contributed by atoms with Crippen molar-refractivity contribution in [3.8, 4) is 0 Å². The molecule has 0 aliphatic carbocycles. The topological polar surface area (TPSA) is 3.24 Å². The minimum Gasteiger partial charge on any atom is -0.324 e. The third-order valence-corrected chi connectivity index (χ3v) is 3.34. The Hall–Kier alpha value is -0.0800. The van der Waals surface area contributed by atoms with Gasteiger partial charge in [0.25, 0.3) is 0 Å². The third-order valence-electron chi connectivity index (χ3n) is 3.34. The molecule has 78 valence electrons. The highest BCUT2D eigenvalue weighted by Gasteiger charge is 2.25. The van der Waals surface area contributed by atoms with E-state index in [9.17, 15) is 0 Å². The van der Waals surface area contributed by atoms with Gasteiger partial charge in [0.2, 0.25) is 0 Å². The maximum atomic E-state index is 2.44. The minimum atomic E-state index is 1.28. The van der Waals surface area contributed by atoms with Crippen molar-refractivity contribution in [1.82, 2.24) is 4.90 Å². The van der Waals surface area contributed by atoms with Gasteiger partial charge in [-0.2, -0.15) is 0 Å². The normalized spacial score (nSPS) is 23.3. The SMILES string of the molecule is CCCCC[N+]1(C)CCN(C)CC1. The molecule has 1 aliphatic heterocycles. The zero-order valence-corrected chi connectivity index (χ0v) is 9.55. The van der Waals surface area contributed by atoms with Crippen LogP contribution in [0, 0.1) is 0 Å². The third kappa shape index (κ3) is 3.65. The van der Waals surface area contributed by atoms with Gasteiger partial charge in [-0.25, -0.2) is 0 Å². The summed E-state index contributed by atoms with van der Waals surface area (Å²) in [6.07, 6.45) is 4.17. The number of hydrogen-bond acceptors (Lipinski definition) is 1. The van der Waals surface area contributed by atoms with Gasteiger partial charge < -0.3 is 4.48 Å². The Balaban J connectivity index is 2.22. The molecule has 0 N–H and O–H groups in total. The maximum Gasteiger partial charge on any atom is 0.0914 e. The van der Waals surface area contributed by atoms with Gasteiger partial charge in [-0.3, -0.25) is 4.90 Å². The first kappa shape index (κ1) is 11.0. The van der Waals surface area contributed by atoms with Crippen molar-refractivity contribution in [3.05, 3.63) is 0 Å². The molecule has 0 bridgehead atoms. The highest BCUT2D eigenvalue weighted by Crippen LogP contribution is 2.11. The fourth-order valence-corrected chi connectivity index (χ4v) is 2.02. The van der Waals surface area contributed by atoms with E-state index in [1.807, 2.05) is 0 Å². The maximum absolute atomic E-state index is 2.44. The van der Waals surface area contributed by atoms with Gasteiger partial charge in [0.15, 0.2) is 0 Å². The summed E-state index contributed by atoms with van der Waals surface area (Å²) in [6, 6.07) is 0. The first-order valence-electron chi connectivity index (χ1n) is 5.68. The summed E-state index contributed by atoms with van der Waals surface area (Å²) in [7, 11) is 4.65. The highest BCUT2D eigenvalue weighted by molar-refractivity contribution is 4.58. The largest absolute Gasteiger partial charge is 0.324 e. The summed E-state index contributed by atoms with van der Waals surface area (Å²) >= 11 is 0. The molecule has 2 nitrogen and oxygen atoms in total. The number of quaternary nitrogens is 1. The second kappa shape index (κ2) is 4.97. The van der Waals surface area contributed by atoms with Crippen LogP contribution in [-0.4, -0.2) is 56.2 Å². The van der Waals surface area contributed by atoms with Gasteiger partial charge in [-0.05, 0) is 19.9 Å². The predicted molar refractivity (Wildman–Crippen MR) is 57.8 cm³/mol. The van der Waals surface area contributed by atoms with E-state index >= 15 is 0 Å². The standard InChI is InChI=1S/C11H25N2/c1-4-5-6-9-13(3)10-7-12(2)8-11-13/h4-11H2,1-3H3/q+1. The van der Waals surface area contributed by atoms with Crippen LogP contribution in [0.5, 0.6) is 0 Å². The van der Waals surface area contributed by atoms with E-state index in [0.717, 1.165) is 0 Å². The Kier molecular flexibility index (Phi) is 4.20. The van der Waals surface area contributed by atoms with Crippen LogP contribution in [0.15, 0.2) is 0 Å². The van der Waals surface area contributed by atoms with Crippen LogP contribution in [0.4, 0.5) is 0 Å². The molecule has 0 aromatic carbocycles. The average Bonchev–Trinajstić information content (AvgIpc) is 2.12. The molecule has 0 atom stereocenters. The summed E-state index contributed by atoms with van der Waals surface area (Å²) in [6.45, 7) is 8.93. The zero-order chi connectivity index (χ0) is 9.73. The van der Waals surface area contributed by atoms with E-state index in [1.165, 1.54) is 56.5 Å². The summed E-state index contributed by atoms with van der Waals surface area (Å²) in [5.41, 5.74) is 0. The molecule has 0 aromatic heterocycles. The van der Waals surface area contributed by atoms with E-state index in [2.05, 4.69) is 25.9 Å². The number of piperazine rings is 1. The quantitative estimate of drug-likeness (QED) is 0.475. The average molecular weight is 185 g/mol. The van der Waals surface area contributed by atoms with E-state index < -0.39 is 0 Å². The number of likely N-dealkylation sites (N-methyl/N-ethyl adjacent to an activating group) is 2. The molecule has 0 radical (unpaired) electrons. The lowest BCUT2D eigenvalue weighted by molar-refractivity contribution is -0.913. The van der Waals surface area contributed by atoms with Crippen LogP contribution in [0.3, 0.4) is 0 Å². The molecule has 0 saturated carbocycles. The van der Waals surface area contributed by atoms with Crippen molar-refractivity contribution in [2.45, 2.75) is 26.2 Å². The zero-order valence-electron chi connectivity index (χ0n) is 9.55. The lowest BCUT2D eigenvalue weighted by Gasteiger charge is -2.41. The highest BCUT2D eigenvalue weighted by atomic mass is 15.4. The van der Waals surface area contributed by atoms with Gasteiger partial charge in [-0.15, -0.1) is 0 Å². The molecule has 0 unspecified atom stereocenters. The fourth-order valence-electron chi connectivity index (χ4n) is 2.02. The molecule has 1 rings (SSSR count). The molecule has 1 saturated heterocycles. The number of rotatable bonds is 4. The Morgan fingerprint density at radius 2 is 1.77 bits per heavy atom. The first-order chi connectivity index (χ1) is 6.16.